The largest absolute Gasteiger partial charge is 0.348 e. The average Bonchev–Trinajstić information content (AvgIpc) is 3.26. The highest BCUT2D eigenvalue weighted by Crippen LogP contribution is 2.34. The first kappa shape index (κ1) is 15.8. The van der Waals surface area contributed by atoms with Crippen molar-refractivity contribution >= 4 is 29.7 Å². The molecule has 1 aliphatic rings. The summed E-state index contributed by atoms with van der Waals surface area (Å²) in [5, 5.41) is 10.3. The summed E-state index contributed by atoms with van der Waals surface area (Å²) < 4.78 is 1.63. The number of hydrogen-bond donors (Lipinski definition) is 2. The fraction of sp³-hybridized carbons (Fsp3) is 0.0526. The van der Waals surface area contributed by atoms with Crippen LogP contribution in [0, 0.1) is 0 Å². The second-order valence-corrected chi connectivity index (χ2v) is 5.67. The Morgan fingerprint density at radius 2 is 2.12 bits per heavy atom. The summed E-state index contributed by atoms with van der Waals surface area (Å²) in [6.45, 7) is 7.99. The van der Waals surface area contributed by atoms with Gasteiger partial charge >= 0.3 is 0 Å². The summed E-state index contributed by atoms with van der Waals surface area (Å²) in [4.78, 5) is 21.2. The van der Waals surface area contributed by atoms with E-state index < -0.39 is 0 Å². The zero-order valence-corrected chi connectivity index (χ0v) is 13.9. The number of hydrogen-bond acceptors (Lipinski definition) is 5. The van der Waals surface area contributed by atoms with Crippen LogP contribution in [-0.2, 0) is 6.54 Å². The van der Waals surface area contributed by atoms with E-state index in [9.17, 15) is 4.79 Å². The fourth-order valence-electron chi connectivity index (χ4n) is 3.05. The molecule has 3 aromatic heterocycles. The van der Waals surface area contributed by atoms with Gasteiger partial charge in [0.05, 0.1) is 35.0 Å². The minimum absolute atomic E-state index is 0.140. The second-order valence-electron chi connectivity index (χ2n) is 5.67. The lowest BCUT2D eigenvalue weighted by Crippen LogP contribution is -2.13. The quantitative estimate of drug-likeness (QED) is 0.743. The van der Waals surface area contributed by atoms with E-state index in [2.05, 4.69) is 38.9 Å². The number of anilines is 2. The molecule has 1 amide bonds. The Balaban J connectivity index is 1.85. The van der Waals surface area contributed by atoms with Crippen LogP contribution < -0.4 is 10.6 Å². The molecule has 0 spiro atoms. The monoisotopic (exact) mass is 344 g/mol. The minimum atomic E-state index is -0.140. The Hall–Kier alpha value is -3.74. The molecule has 3 aromatic rings. The average molecular weight is 344 g/mol. The first-order valence-corrected chi connectivity index (χ1v) is 8.04. The van der Waals surface area contributed by atoms with Gasteiger partial charge in [-0.15, -0.1) is 0 Å². The van der Waals surface area contributed by atoms with Crippen LogP contribution in [0.15, 0.2) is 49.9 Å². The van der Waals surface area contributed by atoms with Gasteiger partial charge in [0.2, 0.25) is 0 Å². The van der Waals surface area contributed by atoms with Crippen molar-refractivity contribution in [2.45, 2.75) is 6.54 Å². The number of fused-ring (bicyclic) bond motifs is 1. The number of aromatic nitrogens is 4. The second kappa shape index (κ2) is 6.29. The van der Waals surface area contributed by atoms with Crippen molar-refractivity contribution in [3.63, 3.8) is 0 Å². The van der Waals surface area contributed by atoms with Crippen molar-refractivity contribution in [1.82, 2.24) is 25.1 Å². The molecule has 0 fully saturated rings. The number of nitrogens with zero attached hydrogens (tertiary/aromatic N) is 4. The number of carbonyl (C=O) groups excluding carboxylic acids is 1. The fourth-order valence-corrected chi connectivity index (χ4v) is 3.05. The maximum Gasteiger partial charge on any atom is 0.254 e. The normalized spacial score (nSPS) is 12.4. The highest BCUT2D eigenvalue weighted by atomic mass is 16.1. The summed E-state index contributed by atoms with van der Waals surface area (Å²) in [7, 11) is 0. The van der Waals surface area contributed by atoms with Gasteiger partial charge in [-0.3, -0.25) is 9.78 Å². The minimum Gasteiger partial charge on any atom is -0.348 e. The van der Waals surface area contributed by atoms with Gasteiger partial charge in [-0.05, 0) is 18.2 Å². The van der Waals surface area contributed by atoms with E-state index in [1.54, 1.807) is 35.5 Å². The SMILES string of the molecule is C=Cc1c(-c2ncc(Nc3ccccn3)c3c2CNC3=O)cnn1C=C. The van der Waals surface area contributed by atoms with Gasteiger partial charge in [-0.2, -0.15) is 5.10 Å². The van der Waals surface area contributed by atoms with Gasteiger partial charge in [0, 0.05) is 30.1 Å². The van der Waals surface area contributed by atoms with Crippen LogP contribution in [0.2, 0.25) is 0 Å². The molecule has 128 valence electrons. The first-order valence-electron chi connectivity index (χ1n) is 8.04. The lowest BCUT2D eigenvalue weighted by atomic mass is 10.0. The van der Waals surface area contributed by atoms with Crippen LogP contribution in [0.25, 0.3) is 23.5 Å². The molecule has 0 unspecified atom stereocenters. The van der Waals surface area contributed by atoms with Crippen LogP contribution in [0.5, 0.6) is 0 Å². The topological polar surface area (TPSA) is 84.7 Å². The number of pyridine rings is 2. The molecule has 0 radical (unpaired) electrons. The maximum absolute atomic E-state index is 12.4. The van der Waals surface area contributed by atoms with Crippen LogP contribution in [0.4, 0.5) is 11.5 Å². The summed E-state index contributed by atoms with van der Waals surface area (Å²) in [5.74, 6) is 0.508. The van der Waals surface area contributed by atoms with Gasteiger partial charge in [0.1, 0.15) is 5.82 Å². The number of rotatable bonds is 5. The predicted molar refractivity (Wildman–Crippen MR) is 101 cm³/mol. The lowest BCUT2D eigenvalue weighted by Gasteiger charge is -2.12. The molecule has 0 atom stereocenters. The highest BCUT2D eigenvalue weighted by Gasteiger charge is 2.28. The molecule has 2 N–H and O–H groups in total. The van der Waals surface area contributed by atoms with Crippen molar-refractivity contribution in [3.8, 4) is 11.3 Å². The molecule has 7 nitrogen and oxygen atoms in total. The van der Waals surface area contributed by atoms with Gasteiger partial charge in [0.25, 0.3) is 5.91 Å². The van der Waals surface area contributed by atoms with Gasteiger partial charge in [0.15, 0.2) is 0 Å². The predicted octanol–water partition coefficient (Wildman–Crippen LogP) is 3.07. The maximum atomic E-state index is 12.4. The molecule has 0 bridgehead atoms. The zero-order chi connectivity index (χ0) is 18.1. The molecule has 0 saturated heterocycles. The van der Waals surface area contributed by atoms with E-state index in [0.29, 0.717) is 29.3 Å². The van der Waals surface area contributed by atoms with E-state index >= 15 is 0 Å². The van der Waals surface area contributed by atoms with Crippen molar-refractivity contribution in [3.05, 3.63) is 66.8 Å². The van der Waals surface area contributed by atoms with Crippen LogP contribution in [-0.4, -0.2) is 25.7 Å². The molecule has 0 aliphatic carbocycles. The molecule has 4 rings (SSSR count). The highest BCUT2D eigenvalue weighted by molar-refractivity contribution is 6.05. The van der Waals surface area contributed by atoms with E-state index in [1.165, 1.54) is 0 Å². The Morgan fingerprint density at radius 1 is 1.23 bits per heavy atom. The Labute approximate surface area is 150 Å². The number of nitrogens with one attached hydrogen (secondary N) is 2. The summed E-state index contributed by atoms with van der Waals surface area (Å²) >= 11 is 0. The summed E-state index contributed by atoms with van der Waals surface area (Å²) in [6.07, 6.45) is 8.33. The van der Waals surface area contributed by atoms with E-state index in [0.717, 1.165) is 16.8 Å². The molecule has 4 heterocycles. The number of amides is 1. The summed E-state index contributed by atoms with van der Waals surface area (Å²) in [5.41, 5.74) is 4.29. The molecule has 0 saturated carbocycles. The molecule has 0 aromatic carbocycles. The molecule has 26 heavy (non-hydrogen) atoms. The van der Waals surface area contributed by atoms with Crippen LogP contribution in [0.1, 0.15) is 21.6 Å². The first-order chi connectivity index (χ1) is 12.7. The van der Waals surface area contributed by atoms with E-state index in [1.807, 2.05) is 18.2 Å². The lowest BCUT2D eigenvalue weighted by molar-refractivity contribution is 0.0966. The third-order valence-electron chi connectivity index (χ3n) is 4.22. The summed E-state index contributed by atoms with van der Waals surface area (Å²) in [6, 6.07) is 5.53. The Morgan fingerprint density at radius 3 is 2.85 bits per heavy atom. The van der Waals surface area contributed by atoms with Gasteiger partial charge < -0.3 is 10.6 Å². The van der Waals surface area contributed by atoms with Crippen LogP contribution >= 0.6 is 0 Å². The van der Waals surface area contributed by atoms with Crippen molar-refractivity contribution < 1.29 is 4.79 Å². The van der Waals surface area contributed by atoms with Crippen LogP contribution in [0.3, 0.4) is 0 Å². The third-order valence-corrected chi connectivity index (χ3v) is 4.22. The molecule has 1 aliphatic heterocycles. The molecule has 7 heteroatoms. The van der Waals surface area contributed by atoms with E-state index in [-0.39, 0.29) is 5.91 Å². The van der Waals surface area contributed by atoms with Gasteiger partial charge in [-0.25, -0.2) is 9.67 Å². The standard InChI is InChI=1S/C19H16N6O/c1-3-15-12(10-23-25(15)4-2)18-13-9-22-19(26)17(13)14(11-21-18)24-16-7-5-6-8-20-16/h3-8,10-11H,1-2,9H2,(H,20,24)(H,22,26). The Bertz CT molecular complexity index is 1020. The Kier molecular flexibility index (Phi) is 3.81. The van der Waals surface area contributed by atoms with Crippen molar-refractivity contribution in [1.29, 1.82) is 0 Å². The zero-order valence-electron chi connectivity index (χ0n) is 13.9. The number of carbonyl (C=O) groups is 1. The van der Waals surface area contributed by atoms with E-state index in [4.69, 9.17) is 0 Å². The molecular weight excluding hydrogens is 328 g/mol. The van der Waals surface area contributed by atoms with Crippen molar-refractivity contribution in [2.24, 2.45) is 0 Å². The third kappa shape index (κ3) is 2.46. The smallest absolute Gasteiger partial charge is 0.254 e. The van der Waals surface area contributed by atoms with Gasteiger partial charge in [-0.1, -0.05) is 19.2 Å². The molecular formula is C19H16N6O. The van der Waals surface area contributed by atoms with Crippen molar-refractivity contribution in [2.75, 3.05) is 5.32 Å².